The molecule has 1 N–H and O–H groups in total. The number of para-hydroxylation sites is 1. The third-order valence-corrected chi connectivity index (χ3v) is 2.53. The number of rotatable bonds is 4. The van der Waals surface area contributed by atoms with E-state index in [1.54, 1.807) is 18.3 Å². The van der Waals surface area contributed by atoms with Gasteiger partial charge in [-0.05, 0) is 18.2 Å². The van der Waals surface area contributed by atoms with Crippen LogP contribution in [0.2, 0.25) is 5.02 Å². The van der Waals surface area contributed by atoms with Gasteiger partial charge in [-0.25, -0.2) is 0 Å². The standard InChI is InChI=1S/C13H12ClNO2/c14-11-5-6-15-12(7-11)9-17-13-4-2-1-3-10(13)8-16/h1-7,16H,8-9H2. The van der Waals surface area contributed by atoms with Crippen molar-refractivity contribution in [3.05, 3.63) is 58.9 Å². The Labute approximate surface area is 105 Å². The number of benzene rings is 1. The molecule has 4 heteroatoms. The van der Waals surface area contributed by atoms with E-state index in [-0.39, 0.29) is 6.61 Å². The van der Waals surface area contributed by atoms with Crippen LogP contribution in [0.4, 0.5) is 0 Å². The van der Waals surface area contributed by atoms with Gasteiger partial charge in [-0.15, -0.1) is 0 Å². The van der Waals surface area contributed by atoms with Crippen molar-refractivity contribution in [3.8, 4) is 5.75 Å². The Hall–Kier alpha value is -1.58. The number of aliphatic hydroxyl groups is 1. The summed E-state index contributed by atoms with van der Waals surface area (Å²) in [4.78, 5) is 4.14. The number of nitrogens with zero attached hydrogens (tertiary/aromatic N) is 1. The maximum atomic E-state index is 9.14. The first-order valence-corrected chi connectivity index (χ1v) is 5.59. The predicted molar refractivity (Wildman–Crippen MR) is 65.9 cm³/mol. The van der Waals surface area contributed by atoms with Crippen LogP contribution in [-0.4, -0.2) is 10.1 Å². The molecule has 3 nitrogen and oxygen atoms in total. The van der Waals surface area contributed by atoms with E-state index in [4.69, 9.17) is 21.4 Å². The Morgan fingerprint density at radius 3 is 2.82 bits per heavy atom. The molecule has 0 saturated carbocycles. The zero-order valence-electron chi connectivity index (χ0n) is 9.14. The molecule has 0 radical (unpaired) electrons. The molecule has 17 heavy (non-hydrogen) atoms. The molecule has 0 aliphatic heterocycles. The highest BCUT2D eigenvalue weighted by molar-refractivity contribution is 6.30. The highest BCUT2D eigenvalue weighted by atomic mass is 35.5. The number of ether oxygens (including phenoxy) is 1. The molecule has 0 saturated heterocycles. The van der Waals surface area contributed by atoms with Crippen molar-refractivity contribution in [2.24, 2.45) is 0 Å². The van der Waals surface area contributed by atoms with Gasteiger partial charge in [0.2, 0.25) is 0 Å². The lowest BCUT2D eigenvalue weighted by molar-refractivity contribution is 0.257. The van der Waals surface area contributed by atoms with E-state index in [0.717, 1.165) is 11.3 Å². The van der Waals surface area contributed by atoms with E-state index in [0.29, 0.717) is 17.4 Å². The molecule has 88 valence electrons. The van der Waals surface area contributed by atoms with Gasteiger partial charge in [0.05, 0.1) is 12.3 Å². The predicted octanol–water partition coefficient (Wildman–Crippen LogP) is 2.81. The van der Waals surface area contributed by atoms with E-state index in [1.165, 1.54) is 0 Å². The minimum Gasteiger partial charge on any atom is -0.487 e. The summed E-state index contributed by atoms with van der Waals surface area (Å²) in [6.07, 6.45) is 1.64. The second kappa shape index (κ2) is 5.66. The maximum Gasteiger partial charge on any atom is 0.130 e. The quantitative estimate of drug-likeness (QED) is 0.906. The first kappa shape index (κ1) is 11.9. The highest BCUT2D eigenvalue weighted by Crippen LogP contribution is 2.19. The molecule has 0 spiro atoms. The average molecular weight is 250 g/mol. The lowest BCUT2D eigenvalue weighted by atomic mass is 10.2. The lowest BCUT2D eigenvalue weighted by Gasteiger charge is -2.09. The van der Waals surface area contributed by atoms with Gasteiger partial charge >= 0.3 is 0 Å². The monoisotopic (exact) mass is 249 g/mol. The van der Waals surface area contributed by atoms with Crippen LogP contribution < -0.4 is 4.74 Å². The van der Waals surface area contributed by atoms with Crippen LogP contribution in [0.3, 0.4) is 0 Å². The number of aliphatic hydroxyl groups excluding tert-OH is 1. The summed E-state index contributed by atoms with van der Waals surface area (Å²) in [5, 5.41) is 9.78. The second-order valence-corrected chi connectivity index (χ2v) is 3.96. The van der Waals surface area contributed by atoms with Crippen LogP contribution >= 0.6 is 11.6 Å². The Morgan fingerprint density at radius 1 is 1.24 bits per heavy atom. The SMILES string of the molecule is OCc1ccccc1OCc1cc(Cl)ccn1. The first-order valence-electron chi connectivity index (χ1n) is 5.21. The van der Waals surface area contributed by atoms with Crippen molar-refractivity contribution in [1.29, 1.82) is 0 Å². The molecular weight excluding hydrogens is 238 g/mol. The molecular formula is C13H12ClNO2. The Bertz CT molecular complexity index is 502. The van der Waals surface area contributed by atoms with Crippen molar-refractivity contribution >= 4 is 11.6 Å². The van der Waals surface area contributed by atoms with Gasteiger partial charge in [0, 0.05) is 16.8 Å². The van der Waals surface area contributed by atoms with Gasteiger partial charge < -0.3 is 9.84 Å². The van der Waals surface area contributed by atoms with Crippen LogP contribution in [0, 0.1) is 0 Å². The second-order valence-electron chi connectivity index (χ2n) is 3.52. The van der Waals surface area contributed by atoms with Crippen molar-refractivity contribution in [2.45, 2.75) is 13.2 Å². The minimum absolute atomic E-state index is 0.0425. The molecule has 2 aromatic rings. The Morgan fingerprint density at radius 2 is 2.06 bits per heavy atom. The van der Waals surface area contributed by atoms with Crippen molar-refractivity contribution in [1.82, 2.24) is 4.98 Å². The average Bonchev–Trinajstić information content (AvgIpc) is 2.37. The van der Waals surface area contributed by atoms with Crippen LogP contribution in [0.25, 0.3) is 0 Å². The number of halogens is 1. The smallest absolute Gasteiger partial charge is 0.130 e. The molecule has 0 aliphatic rings. The zero-order chi connectivity index (χ0) is 12.1. The summed E-state index contributed by atoms with van der Waals surface area (Å²) in [6.45, 7) is 0.288. The summed E-state index contributed by atoms with van der Waals surface area (Å²) in [6, 6.07) is 10.8. The van der Waals surface area contributed by atoms with E-state index in [1.807, 2.05) is 24.3 Å². The Kier molecular flexibility index (Phi) is 3.96. The molecule has 0 amide bonds. The molecule has 0 bridgehead atoms. The summed E-state index contributed by atoms with van der Waals surface area (Å²) in [5.74, 6) is 0.664. The zero-order valence-corrected chi connectivity index (χ0v) is 9.89. The number of hydrogen-bond donors (Lipinski definition) is 1. The molecule has 0 aliphatic carbocycles. The fraction of sp³-hybridized carbons (Fsp3) is 0.154. The van der Waals surface area contributed by atoms with Gasteiger partial charge in [-0.3, -0.25) is 4.98 Å². The summed E-state index contributed by atoms with van der Waals surface area (Å²) >= 11 is 5.85. The van der Waals surface area contributed by atoms with Gasteiger partial charge in [0.15, 0.2) is 0 Å². The summed E-state index contributed by atoms with van der Waals surface area (Å²) in [5.41, 5.74) is 1.51. The maximum absolute atomic E-state index is 9.14. The third-order valence-electron chi connectivity index (χ3n) is 2.30. The minimum atomic E-state index is -0.0425. The third kappa shape index (κ3) is 3.19. The van der Waals surface area contributed by atoms with Gasteiger partial charge in [0.25, 0.3) is 0 Å². The molecule has 1 heterocycles. The van der Waals surface area contributed by atoms with E-state index in [9.17, 15) is 0 Å². The van der Waals surface area contributed by atoms with E-state index in [2.05, 4.69) is 4.98 Å². The molecule has 0 unspecified atom stereocenters. The largest absolute Gasteiger partial charge is 0.487 e. The lowest BCUT2D eigenvalue weighted by Crippen LogP contribution is -2.00. The molecule has 0 fully saturated rings. The fourth-order valence-electron chi connectivity index (χ4n) is 1.45. The number of hydrogen-bond acceptors (Lipinski definition) is 3. The summed E-state index contributed by atoms with van der Waals surface area (Å²) in [7, 11) is 0. The Balaban J connectivity index is 2.07. The van der Waals surface area contributed by atoms with Crippen LogP contribution in [0.5, 0.6) is 5.75 Å². The molecule has 1 aromatic carbocycles. The van der Waals surface area contributed by atoms with Gasteiger partial charge in [-0.2, -0.15) is 0 Å². The number of pyridine rings is 1. The van der Waals surface area contributed by atoms with Crippen LogP contribution in [-0.2, 0) is 13.2 Å². The molecule has 1 aromatic heterocycles. The van der Waals surface area contributed by atoms with Crippen LogP contribution in [0.15, 0.2) is 42.6 Å². The molecule has 2 rings (SSSR count). The number of aromatic nitrogens is 1. The normalized spacial score (nSPS) is 10.2. The van der Waals surface area contributed by atoms with Crippen molar-refractivity contribution in [3.63, 3.8) is 0 Å². The van der Waals surface area contributed by atoms with Gasteiger partial charge in [-0.1, -0.05) is 29.8 Å². The van der Waals surface area contributed by atoms with Crippen LogP contribution in [0.1, 0.15) is 11.3 Å². The summed E-state index contributed by atoms with van der Waals surface area (Å²) < 4.78 is 5.59. The van der Waals surface area contributed by atoms with Gasteiger partial charge in [0.1, 0.15) is 12.4 Å². The van der Waals surface area contributed by atoms with E-state index >= 15 is 0 Å². The highest BCUT2D eigenvalue weighted by Gasteiger charge is 2.02. The van der Waals surface area contributed by atoms with E-state index < -0.39 is 0 Å². The molecule has 0 atom stereocenters. The van der Waals surface area contributed by atoms with Crippen molar-refractivity contribution < 1.29 is 9.84 Å². The van der Waals surface area contributed by atoms with Crippen molar-refractivity contribution in [2.75, 3.05) is 0 Å². The fourth-order valence-corrected chi connectivity index (χ4v) is 1.64. The first-order chi connectivity index (χ1) is 8.29. The topological polar surface area (TPSA) is 42.4 Å².